The predicted molar refractivity (Wildman–Crippen MR) is 134 cm³/mol. The van der Waals surface area contributed by atoms with Gasteiger partial charge in [0.1, 0.15) is 5.69 Å². The van der Waals surface area contributed by atoms with Crippen LogP contribution in [0.3, 0.4) is 0 Å². The Morgan fingerprint density at radius 1 is 1.00 bits per heavy atom. The van der Waals surface area contributed by atoms with Gasteiger partial charge in [0.05, 0.1) is 34.9 Å². The van der Waals surface area contributed by atoms with Gasteiger partial charge in [-0.15, -0.1) is 10.2 Å². The van der Waals surface area contributed by atoms with E-state index in [1.54, 1.807) is 54.6 Å². The molecule has 5 rings (SSSR count). The third-order valence-electron chi connectivity index (χ3n) is 5.47. The number of amides is 2. The van der Waals surface area contributed by atoms with Crippen LogP contribution in [0.4, 0.5) is 11.4 Å². The number of anilines is 2. The number of tetrazole rings is 1. The summed E-state index contributed by atoms with van der Waals surface area (Å²) in [6.07, 6.45) is 0.113. The summed E-state index contributed by atoms with van der Waals surface area (Å²) in [6.45, 7) is 0. The van der Waals surface area contributed by atoms with Crippen LogP contribution in [0.25, 0.3) is 22.3 Å². The molecule has 0 radical (unpaired) electrons. The minimum absolute atomic E-state index is 0.113. The molecule has 0 unspecified atom stereocenters. The van der Waals surface area contributed by atoms with Gasteiger partial charge in [-0.3, -0.25) is 9.59 Å². The number of aromatic amines is 2. The molecular weight excluding hydrogens is 480 g/mol. The lowest BCUT2D eigenvalue weighted by Gasteiger charge is -2.09. The van der Waals surface area contributed by atoms with E-state index in [2.05, 4.69) is 42.3 Å². The number of para-hydroxylation sites is 1. The van der Waals surface area contributed by atoms with Crippen LogP contribution in [0.2, 0.25) is 5.02 Å². The minimum Gasteiger partial charge on any atom is -0.349 e. The number of nitriles is 1. The molecular formula is C25H17ClN8O2. The van der Waals surface area contributed by atoms with E-state index in [9.17, 15) is 14.9 Å². The number of hydrogen-bond donors (Lipinski definition) is 4. The van der Waals surface area contributed by atoms with Gasteiger partial charge in [0.15, 0.2) is 0 Å². The molecule has 0 saturated carbocycles. The fourth-order valence-electron chi connectivity index (χ4n) is 3.77. The Morgan fingerprint density at radius 2 is 1.86 bits per heavy atom. The van der Waals surface area contributed by atoms with Crippen LogP contribution in [0.5, 0.6) is 0 Å². The third kappa shape index (κ3) is 4.64. The minimum atomic E-state index is -0.422. The summed E-state index contributed by atoms with van der Waals surface area (Å²) >= 11 is 6.17. The van der Waals surface area contributed by atoms with Crippen LogP contribution in [-0.4, -0.2) is 37.4 Å². The Labute approximate surface area is 209 Å². The van der Waals surface area contributed by atoms with Gasteiger partial charge < -0.3 is 15.6 Å². The standard InChI is InChI=1S/C25H17ClN8O2/c26-18-6-2-1-4-15(18)12-22(35)28-20-7-3-5-16-11-21(29-23(16)20)25(36)30-19-9-8-14(13-27)10-17(19)24-31-33-34-32-24/h1-11,29H,12H2,(H,28,35)(H,30,36)(H,31,32,33,34). The van der Waals surface area contributed by atoms with E-state index in [0.717, 1.165) is 10.9 Å². The number of H-pyrrole nitrogens is 2. The highest BCUT2D eigenvalue weighted by molar-refractivity contribution is 6.31. The molecule has 2 amide bonds. The maximum atomic E-state index is 13.1. The van der Waals surface area contributed by atoms with Crippen molar-refractivity contribution in [3.8, 4) is 17.5 Å². The highest BCUT2D eigenvalue weighted by atomic mass is 35.5. The molecule has 0 aliphatic rings. The molecule has 10 nitrogen and oxygen atoms in total. The summed E-state index contributed by atoms with van der Waals surface area (Å²) in [7, 11) is 0. The van der Waals surface area contributed by atoms with Gasteiger partial charge in [0, 0.05) is 16.0 Å². The highest BCUT2D eigenvalue weighted by Crippen LogP contribution is 2.28. The maximum Gasteiger partial charge on any atom is 0.272 e. The number of hydrogen-bond acceptors (Lipinski definition) is 6. The van der Waals surface area contributed by atoms with Crippen molar-refractivity contribution in [2.24, 2.45) is 0 Å². The van der Waals surface area contributed by atoms with Crippen LogP contribution in [-0.2, 0) is 11.2 Å². The number of halogens is 1. The van der Waals surface area contributed by atoms with E-state index in [4.69, 9.17) is 11.6 Å². The Hall–Kier alpha value is -5.01. The van der Waals surface area contributed by atoms with Crippen molar-refractivity contribution < 1.29 is 9.59 Å². The summed E-state index contributed by atoms with van der Waals surface area (Å²) in [4.78, 5) is 28.8. The first-order valence-corrected chi connectivity index (χ1v) is 11.1. The molecule has 4 N–H and O–H groups in total. The van der Waals surface area contributed by atoms with E-state index in [1.165, 1.54) is 0 Å². The molecule has 0 aliphatic heterocycles. The SMILES string of the molecule is N#Cc1ccc(NC(=O)c2cc3cccc(NC(=O)Cc4ccccc4Cl)c3[nH]2)c(-c2nn[nH]n2)c1. The lowest BCUT2D eigenvalue weighted by Crippen LogP contribution is -2.15. The Bertz CT molecular complexity index is 1640. The molecule has 2 heterocycles. The van der Waals surface area contributed by atoms with Crippen molar-refractivity contribution in [2.45, 2.75) is 6.42 Å². The summed E-state index contributed by atoms with van der Waals surface area (Å²) < 4.78 is 0. The molecule has 0 spiro atoms. The van der Waals surface area contributed by atoms with Gasteiger partial charge in [-0.1, -0.05) is 41.9 Å². The van der Waals surface area contributed by atoms with Crippen molar-refractivity contribution in [3.05, 3.63) is 88.6 Å². The van der Waals surface area contributed by atoms with Gasteiger partial charge in [-0.05, 0) is 47.2 Å². The second-order valence-electron chi connectivity index (χ2n) is 7.83. The molecule has 36 heavy (non-hydrogen) atoms. The zero-order valence-corrected chi connectivity index (χ0v) is 19.3. The fourth-order valence-corrected chi connectivity index (χ4v) is 3.97. The molecule has 3 aromatic carbocycles. The molecule has 0 atom stereocenters. The predicted octanol–water partition coefficient (Wildman–Crippen LogP) is 4.31. The average Bonchev–Trinajstić information content (AvgIpc) is 3.57. The van der Waals surface area contributed by atoms with Crippen LogP contribution < -0.4 is 10.6 Å². The monoisotopic (exact) mass is 496 g/mol. The van der Waals surface area contributed by atoms with E-state index in [1.807, 2.05) is 12.1 Å². The Balaban J connectivity index is 1.39. The summed E-state index contributed by atoms with van der Waals surface area (Å²) in [5.41, 5.74) is 3.38. The van der Waals surface area contributed by atoms with Crippen molar-refractivity contribution in [1.29, 1.82) is 5.26 Å². The van der Waals surface area contributed by atoms with E-state index < -0.39 is 5.91 Å². The van der Waals surface area contributed by atoms with Crippen molar-refractivity contribution in [3.63, 3.8) is 0 Å². The smallest absolute Gasteiger partial charge is 0.272 e. The van der Waals surface area contributed by atoms with Crippen molar-refractivity contribution >= 4 is 45.7 Å². The largest absolute Gasteiger partial charge is 0.349 e. The second kappa shape index (κ2) is 9.69. The van der Waals surface area contributed by atoms with Crippen molar-refractivity contribution in [2.75, 3.05) is 10.6 Å². The lowest BCUT2D eigenvalue weighted by molar-refractivity contribution is -0.115. The van der Waals surface area contributed by atoms with Crippen LogP contribution in [0, 0.1) is 11.3 Å². The number of benzene rings is 3. The van der Waals surface area contributed by atoms with Gasteiger partial charge in [-0.2, -0.15) is 10.5 Å². The average molecular weight is 497 g/mol. The summed E-state index contributed by atoms with van der Waals surface area (Å²) in [5.74, 6) is -0.421. The molecule has 0 aliphatic carbocycles. The van der Waals surface area contributed by atoms with E-state index in [-0.39, 0.29) is 23.8 Å². The molecule has 176 valence electrons. The lowest BCUT2D eigenvalue weighted by atomic mass is 10.1. The maximum absolute atomic E-state index is 13.1. The molecule has 2 aromatic heterocycles. The van der Waals surface area contributed by atoms with E-state index >= 15 is 0 Å². The number of nitrogens with one attached hydrogen (secondary N) is 4. The molecule has 5 aromatic rings. The topological polar surface area (TPSA) is 152 Å². The first kappa shape index (κ1) is 22.8. The number of aromatic nitrogens is 5. The Kier molecular flexibility index (Phi) is 6.13. The van der Waals surface area contributed by atoms with E-state index in [0.29, 0.717) is 33.0 Å². The van der Waals surface area contributed by atoms with Crippen LogP contribution >= 0.6 is 11.6 Å². The number of rotatable bonds is 6. The quantitative estimate of drug-likeness (QED) is 0.275. The fraction of sp³-hybridized carbons (Fsp3) is 0.0400. The van der Waals surface area contributed by atoms with Crippen LogP contribution in [0.15, 0.2) is 66.7 Å². The number of nitrogens with zero attached hydrogens (tertiary/aromatic N) is 4. The first-order valence-electron chi connectivity index (χ1n) is 10.8. The Morgan fingerprint density at radius 3 is 2.64 bits per heavy atom. The van der Waals surface area contributed by atoms with Gasteiger partial charge in [0.2, 0.25) is 11.7 Å². The zero-order chi connectivity index (χ0) is 25.1. The number of carbonyl (C=O) groups excluding carboxylic acids is 2. The summed E-state index contributed by atoms with van der Waals surface area (Å²) in [5, 5.41) is 30.0. The molecule has 0 fully saturated rings. The van der Waals surface area contributed by atoms with Crippen molar-refractivity contribution in [1.82, 2.24) is 25.6 Å². The normalized spacial score (nSPS) is 10.7. The highest BCUT2D eigenvalue weighted by Gasteiger charge is 2.17. The molecule has 0 bridgehead atoms. The summed E-state index contributed by atoms with van der Waals surface area (Å²) in [6, 6.07) is 21.0. The van der Waals surface area contributed by atoms with Gasteiger partial charge in [-0.25, -0.2) is 0 Å². The number of carbonyl (C=O) groups is 2. The third-order valence-corrected chi connectivity index (χ3v) is 5.84. The van der Waals surface area contributed by atoms with Gasteiger partial charge >= 0.3 is 0 Å². The second-order valence-corrected chi connectivity index (χ2v) is 8.24. The molecule has 11 heteroatoms. The zero-order valence-electron chi connectivity index (χ0n) is 18.5. The molecule has 0 saturated heterocycles. The van der Waals surface area contributed by atoms with Gasteiger partial charge in [0.25, 0.3) is 5.91 Å². The number of fused-ring (bicyclic) bond motifs is 1. The van der Waals surface area contributed by atoms with Crippen LogP contribution in [0.1, 0.15) is 21.6 Å². The first-order chi connectivity index (χ1) is 17.5.